The highest BCUT2D eigenvalue weighted by Crippen LogP contribution is 2.12. The summed E-state index contributed by atoms with van der Waals surface area (Å²) in [5, 5.41) is 0. The van der Waals surface area contributed by atoms with Crippen LogP contribution in [-0.4, -0.2) is 42.3 Å². The van der Waals surface area contributed by atoms with E-state index in [0.717, 1.165) is 6.26 Å². The van der Waals surface area contributed by atoms with Crippen LogP contribution in [-0.2, 0) is 29.3 Å². The molecule has 0 spiro atoms. The first-order valence-corrected chi connectivity index (χ1v) is 10.1. The van der Waals surface area contributed by atoms with Crippen LogP contribution in [0.5, 0.6) is 0 Å². The van der Waals surface area contributed by atoms with Gasteiger partial charge in [-0.2, -0.15) is 0 Å². The Bertz CT molecular complexity index is 557. The molecule has 21 heavy (non-hydrogen) atoms. The minimum absolute atomic E-state index is 0.207. The van der Waals surface area contributed by atoms with Gasteiger partial charge in [0.25, 0.3) is 0 Å². The van der Waals surface area contributed by atoms with Gasteiger partial charge in [-0.15, -0.1) is 0 Å². The SMILES string of the molecule is C=S(=O)(CC)NC(=O)CC.CC(C)(C)C(=O)NS(C)(=O)=O. The maximum Gasteiger partial charge on any atom is 0.238 e. The molecule has 0 aromatic rings. The third-order valence-corrected chi connectivity index (χ3v) is 4.14. The van der Waals surface area contributed by atoms with Crippen LogP contribution in [0.25, 0.3) is 0 Å². The Balaban J connectivity index is 0. The lowest BCUT2D eigenvalue weighted by molar-refractivity contribution is -0.126. The first-order valence-electron chi connectivity index (χ1n) is 6.32. The van der Waals surface area contributed by atoms with Crippen molar-refractivity contribution < 1.29 is 22.2 Å². The number of sulfonamides is 1. The predicted octanol–water partition coefficient (Wildman–Crippen LogP) is 0.272. The molecule has 0 heterocycles. The van der Waals surface area contributed by atoms with Crippen molar-refractivity contribution in [2.75, 3.05) is 12.0 Å². The maximum absolute atomic E-state index is 11.1. The molecule has 0 aliphatic carbocycles. The molecule has 0 bridgehead atoms. The van der Waals surface area contributed by atoms with Gasteiger partial charge in [-0.25, -0.2) is 12.6 Å². The molecule has 7 nitrogen and oxygen atoms in total. The van der Waals surface area contributed by atoms with E-state index in [1.807, 2.05) is 4.72 Å². The van der Waals surface area contributed by atoms with Gasteiger partial charge in [-0.1, -0.05) is 34.6 Å². The fourth-order valence-corrected chi connectivity index (χ4v) is 2.02. The molecule has 0 aliphatic heterocycles. The van der Waals surface area contributed by atoms with Crippen LogP contribution in [0.3, 0.4) is 0 Å². The molecule has 0 radical (unpaired) electrons. The summed E-state index contributed by atoms with van der Waals surface area (Å²) in [5.74, 6) is 3.07. The average Bonchev–Trinajstić information content (AvgIpc) is 2.25. The summed E-state index contributed by atoms with van der Waals surface area (Å²) in [6.45, 7) is 8.38. The smallest absolute Gasteiger partial charge is 0.238 e. The van der Waals surface area contributed by atoms with Crippen LogP contribution < -0.4 is 9.44 Å². The van der Waals surface area contributed by atoms with Crippen LogP contribution in [0.15, 0.2) is 0 Å². The van der Waals surface area contributed by atoms with Crippen molar-refractivity contribution in [2.24, 2.45) is 5.41 Å². The van der Waals surface area contributed by atoms with Crippen LogP contribution in [0.4, 0.5) is 0 Å². The van der Waals surface area contributed by atoms with E-state index < -0.39 is 31.1 Å². The summed E-state index contributed by atoms with van der Waals surface area (Å²) in [4.78, 5) is 21.6. The van der Waals surface area contributed by atoms with Crippen molar-refractivity contribution in [1.82, 2.24) is 9.44 Å². The largest absolute Gasteiger partial charge is 0.283 e. The molecule has 0 fully saturated rings. The third kappa shape index (κ3) is 13.6. The standard InChI is InChI=1S/C6H13NO3S.C6H13NO2S/c1-6(2,3)5(8)7-11(4,9)10;1-4-6(8)7-10(3,9)5-2/h1-4H3,(H,7,8);3-5H2,1-2H3,(H,7,8,9). The third-order valence-electron chi connectivity index (χ3n) is 2.05. The van der Waals surface area contributed by atoms with Crippen LogP contribution >= 0.6 is 0 Å². The molecular weight excluding hydrogens is 316 g/mol. The van der Waals surface area contributed by atoms with E-state index in [4.69, 9.17) is 0 Å². The Morgan fingerprint density at radius 1 is 1.05 bits per heavy atom. The lowest BCUT2D eigenvalue weighted by atomic mass is 9.96. The van der Waals surface area contributed by atoms with Gasteiger partial charge in [0, 0.05) is 27.3 Å². The predicted molar refractivity (Wildman–Crippen MR) is 86.7 cm³/mol. The van der Waals surface area contributed by atoms with E-state index in [1.165, 1.54) is 0 Å². The molecule has 2 amide bonds. The van der Waals surface area contributed by atoms with Gasteiger partial charge in [0.2, 0.25) is 21.8 Å². The topological polar surface area (TPSA) is 109 Å². The number of hydrogen-bond acceptors (Lipinski definition) is 5. The highest BCUT2D eigenvalue weighted by molar-refractivity contribution is 7.98. The molecule has 0 saturated heterocycles. The quantitative estimate of drug-likeness (QED) is 0.713. The number of nitrogens with one attached hydrogen (secondary N) is 2. The van der Waals surface area contributed by atoms with Crippen molar-refractivity contribution in [3.8, 4) is 0 Å². The van der Waals surface area contributed by atoms with Crippen molar-refractivity contribution >= 4 is 37.4 Å². The Hall–Kier alpha value is -1.09. The van der Waals surface area contributed by atoms with Crippen LogP contribution in [0, 0.1) is 5.41 Å². The second-order valence-corrected chi connectivity index (χ2v) is 9.59. The summed E-state index contributed by atoms with van der Waals surface area (Å²) in [6.07, 6.45) is 1.31. The number of carbonyl (C=O) groups excluding carboxylic acids is 2. The first-order chi connectivity index (χ1) is 9.14. The molecule has 9 heteroatoms. The van der Waals surface area contributed by atoms with Gasteiger partial charge in [-0.05, 0) is 5.87 Å². The minimum atomic E-state index is -3.41. The first kappa shape index (κ1) is 22.2. The molecule has 2 N–H and O–H groups in total. The zero-order valence-corrected chi connectivity index (χ0v) is 15.1. The molecular formula is C12H26N2O5S2. The van der Waals surface area contributed by atoms with Gasteiger partial charge in [0.1, 0.15) is 0 Å². The van der Waals surface area contributed by atoms with Crippen molar-refractivity contribution in [3.63, 3.8) is 0 Å². The van der Waals surface area contributed by atoms with Crippen molar-refractivity contribution in [3.05, 3.63) is 0 Å². The van der Waals surface area contributed by atoms with E-state index in [9.17, 15) is 22.2 Å². The lowest BCUT2D eigenvalue weighted by Gasteiger charge is -2.15. The van der Waals surface area contributed by atoms with Crippen molar-refractivity contribution in [2.45, 2.75) is 41.0 Å². The molecule has 0 aromatic heterocycles. The Morgan fingerprint density at radius 2 is 1.48 bits per heavy atom. The molecule has 0 aliphatic rings. The molecule has 0 saturated carbocycles. The number of carbonyl (C=O) groups is 2. The van der Waals surface area contributed by atoms with E-state index in [1.54, 1.807) is 34.6 Å². The van der Waals surface area contributed by atoms with Gasteiger partial charge in [0.05, 0.1) is 6.26 Å². The Kier molecular flexibility index (Phi) is 8.85. The monoisotopic (exact) mass is 342 g/mol. The molecule has 126 valence electrons. The normalized spacial score (nSPS) is 14.2. The fraction of sp³-hybridized carbons (Fsp3) is 0.750. The summed E-state index contributed by atoms with van der Waals surface area (Å²) in [5.41, 5.74) is -0.664. The summed E-state index contributed by atoms with van der Waals surface area (Å²) in [6, 6.07) is 0. The number of hydrogen-bond donors (Lipinski definition) is 2. The Morgan fingerprint density at radius 3 is 1.67 bits per heavy atom. The second-order valence-electron chi connectivity index (χ2n) is 5.43. The maximum atomic E-state index is 11.1. The second kappa shape index (κ2) is 8.38. The van der Waals surface area contributed by atoms with Crippen LogP contribution in [0.2, 0.25) is 0 Å². The average molecular weight is 342 g/mol. The summed E-state index contributed by atoms with van der Waals surface area (Å²) < 4.78 is 36.4. The number of amides is 2. The molecule has 0 aromatic carbocycles. The molecule has 0 rings (SSSR count). The minimum Gasteiger partial charge on any atom is -0.283 e. The van der Waals surface area contributed by atoms with E-state index in [-0.39, 0.29) is 5.91 Å². The van der Waals surface area contributed by atoms with Gasteiger partial charge in [0.15, 0.2) is 0 Å². The zero-order valence-electron chi connectivity index (χ0n) is 13.5. The highest BCUT2D eigenvalue weighted by atomic mass is 32.2. The van der Waals surface area contributed by atoms with Gasteiger partial charge < -0.3 is 0 Å². The van der Waals surface area contributed by atoms with Crippen LogP contribution in [0.1, 0.15) is 41.0 Å². The lowest BCUT2D eigenvalue weighted by Crippen LogP contribution is -2.38. The van der Waals surface area contributed by atoms with Crippen molar-refractivity contribution in [1.29, 1.82) is 0 Å². The van der Waals surface area contributed by atoms with E-state index >= 15 is 0 Å². The van der Waals surface area contributed by atoms with Gasteiger partial charge in [-0.3, -0.25) is 19.0 Å². The zero-order chi connectivity index (χ0) is 17.5. The number of rotatable bonds is 4. The summed E-state index contributed by atoms with van der Waals surface area (Å²) >= 11 is 0. The molecule has 1 unspecified atom stereocenters. The fourth-order valence-electron chi connectivity index (χ4n) is 0.673. The molecule has 1 atom stereocenters. The summed E-state index contributed by atoms with van der Waals surface area (Å²) in [7, 11) is -5.74. The van der Waals surface area contributed by atoms with Gasteiger partial charge >= 0.3 is 0 Å². The van der Waals surface area contributed by atoms with E-state index in [0.29, 0.717) is 12.2 Å². The Labute approximate surface area is 128 Å². The highest BCUT2D eigenvalue weighted by Gasteiger charge is 2.23. The van der Waals surface area contributed by atoms with E-state index in [2.05, 4.69) is 10.6 Å².